The Kier molecular flexibility index (Phi) is 5.37. The second kappa shape index (κ2) is 7.36. The average molecular weight is 396 g/mol. The van der Waals surface area contributed by atoms with Crippen LogP contribution in [0.3, 0.4) is 0 Å². The molecule has 0 bridgehead atoms. The number of carbonyl (C=O) groups excluding carboxylic acids is 1. The second-order valence-electron chi connectivity index (χ2n) is 6.03. The van der Waals surface area contributed by atoms with Crippen LogP contribution in [0.2, 0.25) is 10.0 Å². The number of amides is 1. The van der Waals surface area contributed by atoms with Crippen LogP contribution < -0.4 is 0 Å². The third kappa shape index (κ3) is 3.68. The number of thiophene rings is 1. The summed E-state index contributed by atoms with van der Waals surface area (Å²) in [5.74, 6) is 0.0542. The minimum Gasteiger partial charge on any atom is -0.341 e. The van der Waals surface area contributed by atoms with E-state index in [4.69, 9.17) is 23.2 Å². The molecule has 3 aromatic rings. The van der Waals surface area contributed by atoms with E-state index >= 15 is 0 Å². The first-order chi connectivity index (χ1) is 11.9. The summed E-state index contributed by atoms with van der Waals surface area (Å²) in [5, 5.41) is 6.84. The van der Waals surface area contributed by atoms with Crippen LogP contribution in [0.5, 0.6) is 0 Å². The lowest BCUT2D eigenvalue weighted by molar-refractivity contribution is 0.0800. The normalized spacial score (nSPS) is 11.2. The largest absolute Gasteiger partial charge is 0.341 e. The zero-order valence-electron chi connectivity index (χ0n) is 14.3. The molecular formula is C18H19Cl2N3OS. The Morgan fingerprint density at radius 1 is 1.32 bits per heavy atom. The monoisotopic (exact) mass is 395 g/mol. The molecular weight excluding hydrogens is 377 g/mol. The number of rotatable bonds is 5. The molecule has 2 aromatic heterocycles. The van der Waals surface area contributed by atoms with Crippen LogP contribution in [0, 0.1) is 6.92 Å². The lowest BCUT2D eigenvalue weighted by Crippen LogP contribution is -2.26. The molecule has 2 heterocycles. The number of hydrogen-bond donors (Lipinski definition) is 0. The van der Waals surface area contributed by atoms with Crippen molar-refractivity contribution in [2.45, 2.75) is 26.8 Å². The fourth-order valence-electron chi connectivity index (χ4n) is 2.76. The smallest absolute Gasteiger partial charge is 0.263 e. The SMILES string of the molecule is CCCN(C)C(=O)c1cc2c(C)nn(Cc3ccc(Cl)cc3Cl)c2s1. The summed E-state index contributed by atoms with van der Waals surface area (Å²) in [6.07, 6.45) is 0.939. The minimum absolute atomic E-state index is 0.0542. The second-order valence-corrected chi connectivity index (χ2v) is 7.91. The summed E-state index contributed by atoms with van der Waals surface area (Å²) in [4.78, 5) is 16.0. The molecule has 0 unspecified atom stereocenters. The third-order valence-electron chi connectivity index (χ3n) is 4.06. The maximum absolute atomic E-state index is 12.5. The predicted molar refractivity (Wildman–Crippen MR) is 105 cm³/mol. The highest BCUT2D eigenvalue weighted by Gasteiger charge is 2.19. The van der Waals surface area contributed by atoms with Gasteiger partial charge in [0, 0.05) is 29.0 Å². The zero-order valence-corrected chi connectivity index (χ0v) is 16.7. The van der Waals surface area contributed by atoms with Crippen molar-refractivity contribution in [3.05, 3.63) is 50.4 Å². The standard InChI is InChI=1S/C18H19Cl2N3OS/c1-4-7-22(3)17(24)16-9-14-11(2)21-23(18(14)25-16)10-12-5-6-13(19)8-15(12)20/h5-6,8-9H,4,7,10H2,1-3H3. The highest BCUT2D eigenvalue weighted by molar-refractivity contribution is 7.20. The molecule has 0 aliphatic carbocycles. The summed E-state index contributed by atoms with van der Waals surface area (Å²) < 4.78 is 1.90. The first-order valence-electron chi connectivity index (χ1n) is 8.07. The Balaban J connectivity index is 1.95. The van der Waals surface area contributed by atoms with Crippen LogP contribution >= 0.6 is 34.5 Å². The zero-order chi connectivity index (χ0) is 18.1. The van der Waals surface area contributed by atoms with Gasteiger partial charge in [0.25, 0.3) is 5.91 Å². The van der Waals surface area contributed by atoms with E-state index in [1.165, 1.54) is 11.3 Å². The molecule has 0 saturated heterocycles. The van der Waals surface area contributed by atoms with E-state index in [0.717, 1.165) is 39.3 Å². The lowest BCUT2D eigenvalue weighted by atomic mass is 10.2. The maximum Gasteiger partial charge on any atom is 0.263 e. The van der Waals surface area contributed by atoms with E-state index in [1.807, 2.05) is 36.9 Å². The van der Waals surface area contributed by atoms with Crippen molar-refractivity contribution in [3.63, 3.8) is 0 Å². The Labute approximate surface area is 161 Å². The van der Waals surface area contributed by atoms with Crippen molar-refractivity contribution >= 4 is 50.7 Å². The van der Waals surface area contributed by atoms with E-state index in [2.05, 4.69) is 12.0 Å². The van der Waals surface area contributed by atoms with Crippen LogP contribution in [0.1, 0.15) is 34.3 Å². The Bertz CT molecular complexity index is 932. The topological polar surface area (TPSA) is 38.1 Å². The summed E-state index contributed by atoms with van der Waals surface area (Å²) in [6.45, 7) is 5.31. The van der Waals surface area contributed by atoms with Crippen molar-refractivity contribution in [1.29, 1.82) is 0 Å². The molecule has 0 atom stereocenters. The summed E-state index contributed by atoms with van der Waals surface area (Å²) in [6, 6.07) is 7.40. The Morgan fingerprint density at radius 3 is 2.76 bits per heavy atom. The van der Waals surface area contributed by atoms with Gasteiger partial charge in [-0.3, -0.25) is 9.48 Å². The molecule has 1 amide bonds. The highest BCUT2D eigenvalue weighted by Crippen LogP contribution is 2.30. The fraction of sp³-hybridized carbons (Fsp3) is 0.333. The quantitative estimate of drug-likeness (QED) is 0.591. The van der Waals surface area contributed by atoms with Gasteiger partial charge in [-0.15, -0.1) is 11.3 Å². The molecule has 7 heteroatoms. The molecule has 3 rings (SSSR count). The molecule has 0 spiro atoms. The molecule has 0 N–H and O–H groups in total. The molecule has 1 aromatic carbocycles. The van der Waals surface area contributed by atoms with Crippen molar-refractivity contribution < 1.29 is 4.79 Å². The predicted octanol–water partition coefficient (Wildman–Crippen LogP) is 5.24. The average Bonchev–Trinajstić information content (AvgIpc) is 3.11. The van der Waals surface area contributed by atoms with Crippen LogP contribution in [0.25, 0.3) is 10.2 Å². The number of carbonyl (C=O) groups is 1. The van der Waals surface area contributed by atoms with Gasteiger partial charge in [-0.25, -0.2) is 0 Å². The van der Waals surface area contributed by atoms with Crippen molar-refractivity contribution in [2.75, 3.05) is 13.6 Å². The van der Waals surface area contributed by atoms with Crippen molar-refractivity contribution in [3.8, 4) is 0 Å². The van der Waals surface area contributed by atoms with E-state index in [9.17, 15) is 4.79 Å². The third-order valence-corrected chi connectivity index (χ3v) is 5.78. The molecule has 0 aliphatic heterocycles. The van der Waals surface area contributed by atoms with Crippen molar-refractivity contribution in [2.24, 2.45) is 0 Å². The maximum atomic E-state index is 12.5. The van der Waals surface area contributed by atoms with E-state index in [0.29, 0.717) is 16.6 Å². The van der Waals surface area contributed by atoms with E-state index < -0.39 is 0 Å². The Morgan fingerprint density at radius 2 is 2.08 bits per heavy atom. The minimum atomic E-state index is 0.0542. The van der Waals surface area contributed by atoms with Crippen LogP contribution in [-0.4, -0.2) is 34.2 Å². The van der Waals surface area contributed by atoms with Gasteiger partial charge in [0.1, 0.15) is 4.83 Å². The summed E-state index contributed by atoms with van der Waals surface area (Å²) in [7, 11) is 1.84. The summed E-state index contributed by atoms with van der Waals surface area (Å²) in [5.41, 5.74) is 1.85. The Hall–Kier alpha value is -1.56. The number of aryl methyl sites for hydroxylation is 1. The lowest BCUT2D eigenvalue weighted by Gasteiger charge is -2.14. The van der Waals surface area contributed by atoms with Gasteiger partial charge in [0.05, 0.1) is 17.1 Å². The van der Waals surface area contributed by atoms with E-state index in [-0.39, 0.29) is 5.91 Å². The first-order valence-corrected chi connectivity index (χ1v) is 9.64. The number of aromatic nitrogens is 2. The molecule has 0 saturated carbocycles. The molecule has 0 radical (unpaired) electrons. The molecule has 0 aliphatic rings. The number of benzene rings is 1. The van der Waals surface area contributed by atoms with Gasteiger partial charge >= 0.3 is 0 Å². The number of hydrogen-bond acceptors (Lipinski definition) is 3. The van der Waals surface area contributed by atoms with Gasteiger partial charge in [-0.05, 0) is 37.1 Å². The van der Waals surface area contributed by atoms with Gasteiger partial charge in [-0.1, -0.05) is 36.2 Å². The van der Waals surface area contributed by atoms with Gasteiger partial charge in [-0.2, -0.15) is 5.10 Å². The molecule has 0 fully saturated rings. The number of fused-ring (bicyclic) bond motifs is 1. The van der Waals surface area contributed by atoms with Crippen molar-refractivity contribution in [1.82, 2.24) is 14.7 Å². The molecule has 132 valence electrons. The van der Waals surface area contributed by atoms with Crippen LogP contribution in [-0.2, 0) is 6.54 Å². The van der Waals surface area contributed by atoms with E-state index in [1.54, 1.807) is 11.0 Å². The number of halogens is 2. The number of nitrogens with zero attached hydrogens (tertiary/aromatic N) is 3. The van der Waals surface area contributed by atoms with Gasteiger partial charge < -0.3 is 4.90 Å². The van der Waals surface area contributed by atoms with Gasteiger partial charge in [0.15, 0.2) is 0 Å². The molecule has 4 nitrogen and oxygen atoms in total. The van der Waals surface area contributed by atoms with Gasteiger partial charge in [0.2, 0.25) is 0 Å². The highest BCUT2D eigenvalue weighted by atomic mass is 35.5. The first kappa shape index (κ1) is 18.2. The van der Waals surface area contributed by atoms with Crippen LogP contribution in [0.4, 0.5) is 0 Å². The van der Waals surface area contributed by atoms with Crippen LogP contribution in [0.15, 0.2) is 24.3 Å². The summed E-state index contributed by atoms with van der Waals surface area (Å²) >= 11 is 13.7. The molecule has 25 heavy (non-hydrogen) atoms. The fourth-order valence-corrected chi connectivity index (χ4v) is 4.39.